The van der Waals surface area contributed by atoms with Gasteiger partial charge in [-0.05, 0) is 0 Å². The third-order valence-electron chi connectivity index (χ3n) is 0.246. The van der Waals surface area contributed by atoms with Crippen LogP contribution in [0.2, 0.25) is 0 Å². The lowest BCUT2D eigenvalue weighted by molar-refractivity contribution is 0.254. The molecular weight excluding hydrogens is 136 g/mol. The first kappa shape index (κ1) is 10.4. The average molecular weight is 148 g/mol. The molecule has 0 aromatic carbocycles. The Balaban J connectivity index is 0. The van der Waals surface area contributed by atoms with Gasteiger partial charge in [-0.3, -0.25) is 4.79 Å². The highest BCUT2D eigenvalue weighted by molar-refractivity contribution is 6.16. The molecule has 0 aromatic heterocycles. The molecular formula is C3H12N2OSi2. The van der Waals surface area contributed by atoms with E-state index in [1.54, 1.807) is 0 Å². The van der Waals surface area contributed by atoms with Crippen molar-refractivity contribution in [2.75, 3.05) is 0 Å². The second-order valence-corrected chi connectivity index (χ2v) is 2.34. The number of nitrogens with two attached hydrogens (primary N) is 1. The van der Waals surface area contributed by atoms with Gasteiger partial charge < -0.3 is 10.7 Å². The summed E-state index contributed by atoms with van der Waals surface area (Å²) in [5.41, 5.74) is 6.47. The molecule has 0 aliphatic rings. The molecule has 0 saturated carbocycles. The molecule has 0 aliphatic carbocycles. The van der Waals surface area contributed by atoms with E-state index in [-0.39, 0.29) is 0 Å². The number of urea groups is 1. The lowest BCUT2D eigenvalue weighted by Crippen LogP contribution is -2.26. The number of hydrogen-bond donors (Lipinski definition) is 2. The summed E-state index contributed by atoms with van der Waals surface area (Å²) >= 11 is 0. The van der Waals surface area contributed by atoms with Crippen molar-refractivity contribution in [2.24, 2.45) is 5.73 Å². The molecule has 48 valence electrons. The minimum absolute atomic E-state index is 0.434. The van der Waals surface area contributed by atoms with E-state index in [4.69, 9.17) is 0 Å². The molecule has 2 amide bonds. The second kappa shape index (κ2) is 9.67. The molecule has 0 saturated heterocycles. The molecule has 8 heavy (non-hydrogen) atoms. The van der Waals surface area contributed by atoms with Crippen molar-refractivity contribution < 1.29 is 4.79 Å². The molecule has 0 atom stereocenters. The SMILES string of the molecule is C=C[SiH3].NC(=O)N[SiH3]. The highest BCUT2D eigenvalue weighted by Crippen LogP contribution is 1.37. The smallest absolute Gasteiger partial charge is 0.303 e. The Hall–Kier alpha value is -0.556. The van der Waals surface area contributed by atoms with Gasteiger partial charge in [-0.15, -0.1) is 12.3 Å². The van der Waals surface area contributed by atoms with Crippen molar-refractivity contribution in [2.45, 2.75) is 0 Å². The molecule has 0 unspecified atom stereocenters. The Morgan fingerprint density at radius 2 is 2.00 bits per heavy atom. The molecule has 0 radical (unpaired) electrons. The van der Waals surface area contributed by atoms with Gasteiger partial charge in [0.2, 0.25) is 0 Å². The maximum Gasteiger partial charge on any atom is 0.303 e. The first-order valence-electron chi connectivity index (χ1n) is 2.23. The maximum absolute atomic E-state index is 9.51. The van der Waals surface area contributed by atoms with E-state index in [0.717, 1.165) is 10.2 Å². The van der Waals surface area contributed by atoms with E-state index < -0.39 is 6.03 Å². The summed E-state index contributed by atoms with van der Waals surface area (Å²) in [6.07, 6.45) is 0. The van der Waals surface area contributed by atoms with Crippen LogP contribution in [-0.2, 0) is 0 Å². The zero-order valence-corrected chi connectivity index (χ0v) is 9.27. The number of carbonyl (C=O) groups excluding carboxylic acids is 1. The topological polar surface area (TPSA) is 55.1 Å². The molecule has 0 bridgehead atoms. The minimum atomic E-state index is -0.434. The van der Waals surface area contributed by atoms with Crippen LogP contribution >= 0.6 is 0 Å². The number of primary amides is 1. The van der Waals surface area contributed by atoms with Crippen LogP contribution in [-0.4, -0.2) is 26.7 Å². The molecule has 5 heteroatoms. The molecule has 0 spiro atoms. The molecule has 0 aromatic rings. The van der Waals surface area contributed by atoms with Crippen LogP contribution in [0.4, 0.5) is 4.79 Å². The van der Waals surface area contributed by atoms with Gasteiger partial charge in [0.1, 0.15) is 10.4 Å². The van der Waals surface area contributed by atoms with Crippen molar-refractivity contribution in [3.63, 3.8) is 0 Å². The summed E-state index contributed by atoms with van der Waals surface area (Å²) in [5.74, 6) is 0. The molecule has 0 rings (SSSR count). The Labute approximate surface area is 55.3 Å². The largest absolute Gasteiger partial charge is 0.373 e. The lowest BCUT2D eigenvalue weighted by atomic mass is 11.2. The molecule has 3 nitrogen and oxygen atoms in total. The van der Waals surface area contributed by atoms with Crippen molar-refractivity contribution in [1.29, 1.82) is 0 Å². The zero-order valence-electron chi connectivity index (χ0n) is 5.27. The third kappa shape index (κ3) is 51.6. The number of amides is 2. The standard InChI is InChI=1S/C2H6Si.CH6N2OSi/c1-2-3;2-1(4)3-5/h2H,1H2,3H3;5H3,(H3,2,3,4). The summed E-state index contributed by atoms with van der Waals surface area (Å²) in [6.45, 7) is 3.42. The predicted octanol–water partition coefficient (Wildman–Crippen LogP) is -2.57. The maximum atomic E-state index is 9.51. The van der Waals surface area contributed by atoms with Crippen molar-refractivity contribution in [3.8, 4) is 0 Å². The third-order valence-corrected chi connectivity index (χ3v) is 0.739. The fourth-order valence-electron chi connectivity index (χ4n) is 0. The first-order chi connectivity index (χ1) is 3.68. The summed E-state index contributed by atoms with van der Waals surface area (Å²) < 4.78 is 0. The average Bonchev–Trinajstić information content (AvgIpc) is 1.69. The number of hydrogen-bond acceptors (Lipinski definition) is 1. The van der Waals surface area contributed by atoms with Crippen LogP contribution in [0.5, 0.6) is 0 Å². The molecule has 3 N–H and O–H groups in total. The fraction of sp³-hybridized carbons (Fsp3) is 0. The monoisotopic (exact) mass is 148 g/mol. The van der Waals surface area contributed by atoms with Gasteiger partial charge in [-0.2, -0.15) is 0 Å². The van der Waals surface area contributed by atoms with Gasteiger partial charge in [0, 0.05) is 10.2 Å². The molecule has 0 aliphatic heterocycles. The Kier molecular flexibility index (Phi) is 12.6. The summed E-state index contributed by atoms with van der Waals surface area (Å²) in [4.78, 5) is 11.8. The quantitative estimate of drug-likeness (QED) is 0.365. The highest BCUT2D eigenvalue weighted by atomic mass is 28.2. The minimum Gasteiger partial charge on any atom is -0.373 e. The van der Waals surface area contributed by atoms with Gasteiger partial charge in [0.15, 0.2) is 0 Å². The van der Waals surface area contributed by atoms with Gasteiger partial charge in [-0.1, -0.05) is 0 Å². The Bertz CT molecular complexity index is 75.7. The molecule has 0 fully saturated rings. The summed E-state index contributed by atoms with van der Waals surface area (Å²) in [6, 6.07) is -0.434. The number of rotatable bonds is 0. The summed E-state index contributed by atoms with van der Waals surface area (Å²) in [5, 5.41) is 0. The fourth-order valence-corrected chi connectivity index (χ4v) is 0. The Morgan fingerprint density at radius 3 is 2.00 bits per heavy atom. The van der Waals surface area contributed by atoms with Crippen LogP contribution in [0.15, 0.2) is 12.3 Å². The molecule has 0 heterocycles. The van der Waals surface area contributed by atoms with Gasteiger partial charge in [0.25, 0.3) is 0 Å². The van der Waals surface area contributed by atoms with Crippen LogP contribution in [0.1, 0.15) is 0 Å². The van der Waals surface area contributed by atoms with Crippen LogP contribution in [0, 0.1) is 0 Å². The second-order valence-electron chi connectivity index (χ2n) is 1.02. The highest BCUT2D eigenvalue weighted by Gasteiger charge is 1.72. The normalized spacial score (nSPS) is 6.50. The van der Waals surface area contributed by atoms with Crippen molar-refractivity contribution >= 4 is 26.7 Å². The van der Waals surface area contributed by atoms with Gasteiger partial charge in [0.05, 0.1) is 0 Å². The lowest BCUT2D eigenvalue weighted by Gasteiger charge is -1.80. The Morgan fingerprint density at radius 1 is 1.88 bits per heavy atom. The van der Waals surface area contributed by atoms with E-state index in [2.05, 4.69) is 17.3 Å². The summed E-state index contributed by atoms with van der Waals surface area (Å²) in [7, 11) is 1.78. The predicted molar refractivity (Wildman–Crippen MR) is 42.8 cm³/mol. The van der Waals surface area contributed by atoms with E-state index in [9.17, 15) is 4.79 Å². The number of carbonyl (C=O) groups is 1. The van der Waals surface area contributed by atoms with Crippen molar-refractivity contribution in [3.05, 3.63) is 12.3 Å². The van der Waals surface area contributed by atoms with E-state index in [1.165, 1.54) is 0 Å². The van der Waals surface area contributed by atoms with Crippen LogP contribution in [0.25, 0.3) is 0 Å². The van der Waals surface area contributed by atoms with Gasteiger partial charge >= 0.3 is 6.03 Å². The van der Waals surface area contributed by atoms with Crippen LogP contribution in [0.3, 0.4) is 0 Å². The first-order valence-corrected chi connectivity index (χ1v) is 4.38. The number of nitrogens with one attached hydrogen (secondary N) is 1. The van der Waals surface area contributed by atoms with E-state index in [0.29, 0.717) is 10.4 Å². The van der Waals surface area contributed by atoms with Crippen LogP contribution < -0.4 is 10.7 Å². The van der Waals surface area contributed by atoms with E-state index >= 15 is 0 Å². The van der Waals surface area contributed by atoms with Gasteiger partial charge in [-0.25, -0.2) is 0 Å². The van der Waals surface area contributed by atoms with Crippen molar-refractivity contribution in [1.82, 2.24) is 4.98 Å². The zero-order chi connectivity index (χ0) is 6.99. The van der Waals surface area contributed by atoms with E-state index in [1.807, 2.05) is 5.70 Å².